The molecule has 0 saturated heterocycles. The smallest absolute Gasteiger partial charge is 0.408 e. The molecule has 2 atom stereocenters. The predicted molar refractivity (Wildman–Crippen MR) is 68.9 cm³/mol. The number of hydrogen-bond donors (Lipinski definition) is 2. The first-order valence-electron chi connectivity index (χ1n) is 4.98. The molecule has 16 heavy (non-hydrogen) atoms. The number of carboxylic acid groups (broad SMARTS) is 1. The molecule has 6 heteroatoms. The molecule has 0 aliphatic heterocycles. The molecular formula is C10H18INO4. The second-order valence-corrected chi connectivity index (χ2v) is 6.68. The Morgan fingerprint density at radius 3 is 2.25 bits per heavy atom. The fraction of sp³-hybridized carbons (Fsp3) is 0.800. The van der Waals surface area contributed by atoms with Crippen LogP contribution in [0.1, 0.15) is 34.1 Å². The highest BCUT2D eigenvalue weighted by atomic mass is 127. The number of alkyl halides is 1. The van der Waals surface area contributed by atoms with Crippen LogP contribution < -0.4 is 5.32 Å². The van der Waals surface area contributed by atoms with E-state index >= 15 is 0 Å². The van der Waals surface area contributed by atoms with Crippen molar-refractivity contribution in [2.24, 2.45) is 0 Å². The monoisotopic (exact) mass is 343 g/mol. The molecule has 5 nitrogen and oxygen atoms in total. The Morgan fingerprint density at radius 1 is 1.44 bits per heavy atom. The van der Waals surface area contributed by atoms with Crippen LogP contribution in [0.25, 0.3) is 0 Å². The molecular weight excluding hydrogens is 325 g/mol. The number of alkyl carbamates (subject to hydrolysis) is 1. The number of aliphatic carboxylic acids is 1. The summed E-state index contributed by atoms with van der Waals surface area (Å²) in [6, 6.07) is -0.901. The Bertz CT molecular complexity index is 260. The fourth-order valence-corrected chi connectivity index (χ4v) is 1.50. The van der Waals surface area contributed by atoms with Crippen molar-refractivity contribution in [3.8, 4) is 0 Å². The molecule has 0 rings (SSSR count). The van der Waals surface area contributed by atoms with Crippen LogP contribution in [0.3, 0.4) is 0 Å². The van der Waals surface area contributed by atoms with Gasteiger partial charge in [0.2, 0.25) is 0 Å². The van der Waals surface area contributed by atoms with Crippen LogP contribution in [-0.4, -0.2) is 32.7 Å². The minimum absolute atomic E-state index is 0.161. The summed E-state index contributed by atoms with van der Waals surface area (Å²) in [6.07, 6.45) is -0.327. The largest absolute Gasteiger partial charge is 0.480 e. The lowest BCUT2D eigenvalue weighted by atomic mass is 10.2. The highest BCUT2D eigenvalue weighted by Crippen LogP contribution is 2.10. The van der Waals surface area contributed by atoms with Gasteiger partial charge in [-0.3, -0.25) is 0 Å². The van der Waals surface area contributed by atoms with Crippen molar-refractivity contribution < 1.29 is 19.4 Å². The van der Waals surface area contributed by atoms with E-state index in [0.717, 1.165) is 0 Å². The zero-order chi connectivity index (χ0) is 12.9. The number of carbonyl (C=O) groups excluding carboxylic acids is 1. The number of carboxylic acids is 1. The number of hydrogen-bond acceptors (Lipinski definition) is 3. The summed E-state index contributed by atoms with van der Waals surface area (Å²) in [6.45, 7) is 7.06. The molecule has 0 fully saturated rings. The van der Waals surface area contributed by atoms with Gasteiger partial charge < -0.3 is 15.2 Å². The molecule has 0 aromatic carbocycles. The van der Waals surface area contributed by atoms with Crippen LogP contribution in [0, 0.1) is 0 Å². The second kappa shape index (κ2) is 6.27. The standard InChI is InChI=1S/C10H18INO4/c1-6(11)5-7(8(13)14)12-9(15)16-10(2,3)4/h6-7H,5H2,1-4H3,(H,12,15)(H,13,14). The maximum Gasteiger partial charge on any atom is 0.408 e. The first-order valence-corrected chi connectivity index (χ1v) is 6.23. The van der Waals surface area contributed by atoms with E-state index < -0.39 is 23.7 Å². The maximum absolute atomic E-state index is 11.4. The average molecular weight is 343 g/mol. The molecule has 0 saturated carbocycles. The number of rotatable bonds is 4. The third kappa shape index (κ3) is 7.72. The summed E-state index contributed by atoms with van der Waals surface area (Å²) in [4.78, 5) is 22.2. The first-order chi connectivity index (χ1) is 7.11. The van der Waals surface area contributed by atoms with Gasteiger partial charge in [0.1, 0.15) is 11.6 Å². The highest BCUT2D eigenvalue weighted by molar-refractivity contribution is 14.1. The molecule has 0 radical (unpaired) electrons. The van der Waals surface area contributed by atoms with Crippen LogP contribution in [0.4, 0.5) is 4.79 Å². The van der Waals surface area contributed by atoms with Crippen molar-refractivity contribution in [3.63, 3.8) is 0 Å². The number of nitrogens with one attached hydrogen (secondary N) is 1. The summed E-state index contributed by atoms with van der Waals surface area (Å²) in [5, 5.41) is 11.2. The summed E-state index contributed by atoms with van der Waals surface area (Å²) in [5.74, 6) is -1.05. The van der Waals surface area contributed by atoms with E-state index in [1.54, 1.807) is 20.8 Å². The normalized spacial score (nSPS) is 15.1. The van der Waals surface area contributed by atoms with Crippen molar-refractivity contribution in [1.82, 2.24) is 5.32 Å². The van der Waals surface area contributed by atoms with Crippen LogP contribution in [-0.2, 0) is 9.53 Å². The second-order valence-electron chi connectivity index (χ2n) is 4.55. The number of ether oxygens (including phenoxy) is 1. The van der Waals surface area contributed by atoms with Crippen molar-refractivity contribution in [1.29, 1.82) is 0 Å². The third-order valence-electron chi connectivity index (χ3n) is 1.55. The van der Waals surface area contributed by atoms with Gasteiger partial charge in [-0.05, 0) is 27.2 Å². The van der Waals surface area contributed by atoms with Crippen LogP contribution in [0.15, 0.2) is 0 Å². The SMILES string of the molecule is CC(I)CC(NC(=O)OC(C)(C)C)C(=O)O. The van der Waals surface area contributed by atoms with Gasteiger partial charge in [-0.1, -0.05) is 29.5 Å². The molecule has 0 aromatic heterocycles. The predicted octanol–water partition coefficient (Wildman–Crippen LogP) is 2.18. The van der Waals surface area contributed by atoms with Crippen molar-refractivity contribution >= 4 is 34.7 Å². The summed E-state index contributed by atoms with van der Waals surface area (Å²) in [5.41, 5.74) is -0.622. The molecule has 0 heterocycles. The molecule has 2 unspecified atom stereocenters. The van der Waals surface area contributed by atoms with Gasteiger partial charge in [-0.15, -0.1) is 0 Å². The highest BCUT2D eigenvalue weighted by Gasteiger charge is 2.24. The van der Waals surface area contributed by atoms with Gasteiger partial charge >= 0.3 is 12.1 Å². The first kappa shape index (κ1) is 15.5. The Morgan fingerprint density at radius 2 is 1.94 bits per heavy atom. The molecule has 94 valence electrons. The van der Waals surface area contributed by atoms with Gasteiger partial charge in [0.15, 0.2) is 0 Å². The van der Waals surface area contributed by atoms with E-state index in [1.807, 2.05) is 6.92 Å². The van der Waals surface area contributed by atoms with E-state index in [9.17, 15) is 9.59 Å². The number of halogens is 1. The molecule has 0 aliphatic carbocycles. The van der Waals surface area contributed by atoms with Crippen LogP contribution in [0.5, 0.6) is 0 Å². The lowest BCUT2D eigenvalue weighted by molar-refractivity contribution is -0.139. The average Bonchev–Trinajstić information content (AvgIpc) is 1.97. The summed E-state index contributed by atoms with van der Waals surface area (Å²) < 4.78 is 5.14. The Balaban J connectivity index is 4.30. The van der Waals surface area contributed by atoms with E-state index in [2.05, 4.69) is 27.9 Å². The minimum atomic E-state index is -1.05. The van der Waals surface area contributed by atoms with Gasteiger partial charge in [-0.2, -0.15) is 0 Å². The lowest BCUT2D eigenvalue weighted by Crippen LogP contribution is -2.44. The zero-order valence-electron chi connectivity index (χ0n) is 9.91. The van der Waals surface area contributed by atoms with Crippen molar-refractivity contribution in [2.75, 3.05) is 0 Å². The fourth-order valence-electron chi connectivity index (χ4n) is 0.996. The van der Waals surface area contributed by atoms with Gasteiger partial charge in [0.25, 0.3) is 0 Å². The molecule has 0 aliphatic rings. The molecule has 0 aromatic rings. The van der Waals surface area contributed by atoms with Crippen molar-refractivity contribution in [3.05, 3.63) is 0 Å². The summed E-state index contributed by atoms with van der Waals surface area (Å²) in [7, 11) is 0. The molecule has 2 N–H and O–H groups in total. The molecule has 0 bridgehead atoms. The maximum atomic E-state index is 11.4. The molecule has 0 spiro atoms. The molecule has 1 amide bonds. The lowest BCUT2D eigenvalue weighted by Gasteiger charge is -2.22. The quantitative estimate of drug-likeness (QED) is 0.606. The van der Waals surface area contributed by atoms with E-state index in [4.69, 9.17) is 9.84 Å². The van der Waals surface area contributed by atoms with E-state index in [0.29, 0.717) is 6.42 Å². The third-order valence-corrected chi connectivity index (χ3v) is 2.06. The topological polar surface area (TPSA) is 75.6 Å². The Labute approximate surface area is 109 Å². The van der Waals surface area contributed by atoms with Gasteiger partial charge in [0.05, 0.1) is 0 Å². The summed E-state index contributed by atoms with van der Waals surface area (Å²) >= 11 is 2.11. The van der Waals surface area contributed by atoms with Crippen molar-refractivity contribution in [2.45, 2.75) is 49.7 Å². The van der Waals surface area contributed by atoms with Crippen LogP contribution >= 0.6 is 22.6 Å². The van der Waals surface area contributed by atoms with Gasteiger partial charge in [-0.25, -0.2) is 9.59 Å². The Hall–Kier alpha value is -0.530. The Kier molecular flexibility index (Phi) is 6.06. The van der Waals surface area contributed by atoms with E-state index in [-0.39, 0.29) is 3.92 Å². The minimum Gasteiger partial charge on any atom is -0.480 e. The van der Waals surface area contributed by atoms with E-state index in [1.165, 1.54) is 0 Å². The van der Waals surface area contributed by atoms with Crippen LogP contribution in [0.2, 0.25) is 0 Å². The number of carbonyl (C=O) groups is 2. The van der Waals surface area contributed by atoms with Gasteiger partial charge in [0, 0.05) is 3.92 Å². The number of amides is 1. The zero-order valence-corrected chi connectivity index (χ0v) is 12.1.